The van der Waals surface area contributed by atoms with Crippen molar-refractivity contribution in [3.8, 4) is 5.75 Å². The second-order valence-corrected chi connectivity index (χ2v) is 7.89. The molecule has 3 rings (SSSR count). The van der Waals surface area contributed by atoms with Crippen LogP contribution in [0.1, 0.15) is 18.1 Å². The Hall–Kier alpha value is -2.51. The van der Waals surface area contributed by atoms with Crippen molar-refractivity contribution in [1.82, 2.24) is 0 Å². The monoisotopic (exact) mass is 413 g/mol. The van der Waals surface area contributed by atoms with Crippen LogP contribution in [-0.2, 0) is 20.1 Å². The van der Waals surface area contributed by atoms with Crippen molar-refractivity contribution in [3.05, 3.63) is 71.4 Å². The quantitative estimate of drug-likeness (QED) is 0.491. The van der Waals surface area contributed by atoms with Crippen molar-refractivity contribution in [2.45, 2.75) is 12.7 Å². The van der Waals surface area contributed by atoms with Gasteiger partial charge in [-0.2, -0.15) is 0 Å². The number of ether oxygens (including phenoxy) is 2. The van der Waals surface area contributed by atoms with Gasteiger partial charge in [0.2, 0.25) is 5.12 Å². The first-order valence-corrected chi connectivity index (χ1v) is 10.5. The molecule has 1 aliphatic heterocycles. The van der Waals surface area contributed by atoms with Crippen molar-refractivity contribution >= 4 is 45.1 Å². The van der Waals surface area contributed by atoms with Crippen molar-refractivity contribution in [2.24, 2.45) is 4.99 Å². The van der Waals surface area contributed by atoms with E-state index in [0.717, 1.165) is 21.9 Å². The van der Waals surface area contributed by atoms with E-state index in [1.807, 2.05) is 42.5 Å². The maximum Gasteiger partial charge on any atom is 0.344 e. The number of hydrogen-bond acceptors (Lipinski definition) is 7. The molecule has 0 saturated carbocycles. The molecule has 28 heavy (non-hydrogen) atoms. The third-order valence-corrected chi connectivity index (χ3v) is 5.75. The molecule has 0 N–H and O–H groups in total. The molecule has 0 aliphatic carbocycles. The largest absolute Gasteiger partial charge is 0.481 e. The third kappa shape index (κ3) is 5.74. The zero-order chi connectivity index (χ0) is 19.8. The summed E-state index contributed by atoms with van der Waals surface area (Å²) in [5.41, 5.74) is 2.24. The summed E-state index contributed by atoms with van der Waals surface area (Å²) in [7, 11) is 0. The number of thioether (sulfide) groups is 2. The molecule has 0 spiro atoms. The molecule has 7 heteroatoms. The Morgan fingerprint density at radius 3 is 2.68 bits per heavy atom. The molecule has 144 valence electrons. The van der Waals surface area contributed by atoms with Crippen LogP contribution in [0.2, 0.25) is 0 Å². The van der Waals surface area contributed by atoms with Gasteiger partial charge in [0.15, 0.2) is 6.61 Å². The topological polar surface area (TPSA) is 65.0 Å². The summed E-state index contributed by atoms with van der Waals surface area (Å²) in [6.07, 6.45) is 1.69. The number of para-hydroxylation sites is 1. The summed E-state index contributed by atoms with van der Waals surface area (Å²) in [5, 5.41) is -0.101. The minimum Gasteiger partial charge on any atom is -0.481 e. The number of carbonyl (C=O) groups excluding carboxylic acids is 2. The van der Waals surface area contributed by atoms with Gasteiger partial charge in [0.05, 0.1) is 6.61 Å². The lowest BCUT2D eigenvalue weighted by atomic mass is 10.1. The van der Waals surface area contributed by atoms with E-state index in [1.54, 1.807) is 25.1 Å². The zero-order valence-electron chi connectivity index (χ0n) is 15.3. The lowest BCUT2D eigenvalue weighted by Crippen LogP contribution is -2.14. The highest BCUT2D eigenvalue weighted by atomic mass is 32.2. The second-order valence-electron chi connectivity index (χ2n) is 5.70. The summed E-state index contributed by atoms with van der Waals surface area (Å²) >= 11 is 2.67. The maximum absolute atomic E-state index is 12.3. The fraction of sp³-hybridized carbons (Fsp3) is 0.190. The molecule has 2 aromatic carbocycles. The summed E-state index contributed by atoms with van der Waals surface area (Å²) in [4.78, 5) is 28.3. The zero-order valence-corrected chi connectivity index (χ0v) is 16.9. The van der Waals surface area contributed by atoms with E-state index < -0.39 is 5.97 Å². The van der Waals surface area contributed by atoms with Gasteiger partial charge < -0.3 is 9.47 Å². The van der Waals surface area contributed by atoms with Gasteiger partial charge in [-0.05, 0) is 36.4 Å². The Labute approximate surface area is 172 Å². The minimum absolute atomic E-state index is 0.101. The van der Waals surface area contributed by atoms with Crippen LogP contribution < -0.4 is 4.74 Å². The van der Waals surface area contributed by atoms with E-state index in [4.69, 9.17) is 9.47 Å². The molecule has 0 bridgehead atoms. The number of benzene rings is 2. The average molecular weight is 414 g/mol. The fourth-order valence-corrected chi connectivity index (χ4v) is 4.19. The van der Waals surface area contributed by atoms with Crippen LogP contribution in [0.5, 0.6) is 5.75 Å². The molecule has 0 atom stereocenters. The molecule has 0 fully saturated rings. The van der Waals surface area contributed by atoms with E-state index in [1.165, 1.54) is 17.3 Å². The van der Waals surface area contributed by atoms with Crippen LogP contribution in [0.25, 0.3) is 6.08 Å². The van der Waals surface area contributed by atoms with Crippen LogP contribution in [0.4, 0.5) is 0 Å². The van der Waals surface area contributed by atoms with Gasteiger partial charge in [0.25, 0.3) is 0 Å². The van der Waals surface area contributed by atoms with Crippen molar-refractivity contribution < 1.29 is 19.1 Å². The molecule has 0 amide bonds. The highest BCUT2D eigenvalue weighted by Gasteiger charge is 2.23. The van der Waals surface area contributed by atoms with E-state index in [9.17, 15) is 9.59 Å². The first kappa shape index (κ1) is 20.2. The first-order chi connectivity index (χ1) is 13.7. The summed E-state index contributed by atoms with van der Waals surface area (Å²) in [5.74, 6) is 0.823. The predicted molar refractivity (Wildman–Crippen MR) is 114 cm³/mol. The molecular weight excluding hydrogens is 394 g/mol. The number of aliphatic imine (C=N–C) groups is 1. The van der Waals surface area contributed by atoms with E-state index in [-0.39, 0.29) is 11.7 Å². The summed E-state index contributed by atoms with van der Waals surface area (Å²) in [6, 6.07) is 17.2. The molecule has 1 heterocycles. The van der Waals surface area contributed by atoms with Crippen LogP contribution in [0.15, 0.2) is 65.3 Å². The van der Waals surface area contributed by atoms with Crippen LogP contribution in [-0.4, -0.2) is 28.7 Å². The van der Waals surface area contributed by atoms with E-state index >= 15 is 0 Å². The van der Waals surface area contributed by atoms with Crippen molar-refractivity contribution in [1.29, 1.82) is 0 Å². The highest BCUT2D eigenvalue weighted by molar-refractivity contribution is 8.45. The van der Waals surface area contributed by atoms with Gasteiger partial charge in [-0.1, -0.05) is 60.3 Å². The van der Waals surface area contributed by atoms with Gasteiger partial charge >= 0.3 is 5.97 Å². The fourth-order valence-electron chi connectivity index (χ4n) is 2.39. The number of esters is 1. The van der Waals surface area contributed by atoms with E-state index in [0.29, 0.717) is 23.6 Å². The second kappa shape index (κ2) is 10.1. The van der Waals surface area contributed by atoms with Gasteiger partial charge in [-0.3, -0.25) is 4.79 Å². The number of nitrogens with zero attached hydrogens (tertiary/aromatic N) is 1. The SMILES string of the molecule is CCOC(=O)COc1ccccc1/C=C1\N=C(SCc2ccccc2)SC1=O. The lowest BCUT2D eigenvalue weighted by molar-refractivity contribution is -0.145. The van der Waals surface area contributed by atoms with Crippen LogP contribution in [0.3, 0.4) is 0 Å². The lowest BCUT2D eigenvalue weighted by Gasteiger charge is -2.08. The van der Waals surface area contributed by atoms with Gasteiger partial charge in [0.1, 0.15) is 15.8 Å². The highest BCUT2D eigenvalue weighted by Crippen LogP contribution is 2.33. The Morgan fingerprint density at radius 2 is 1.89 bits per heavy atom. The van der Waals surface area contributed by atoms with Crippen LogP contribution >= 0.6 is 23.5 Å². The molecule has 5 nitrogen and oxygen atoms in total. The average Bonchev–Trinajstić information content (AvgIpc) is 3.06. The Kier molecular flexibility index (Phi) is 7.33. The van der Waals surface area contributed by atoms with Crippen molar-refractivity contribution in [3.63, 3.8) is 0 Å². The molecule has 0 unspecified atom stereocenters. The maximum atomic E-state index is 12.3. The standard InChI is InChI=1S/C21H19NO4S2/c1-2-25-19(23)13-26-18-11-7-6-10-16(18)12-17-20(24)28-21(22-17)27-14-15-8-4-3-5-9-15/h3-12H,2,13-14H2,1H3/b17-12-. The van der Waals surface area contributed by atoms with Crippen LogP contribution in [0, 0.1) is 0 Å². The molecule has 0 aromatic heterocycles. The molecular formula is C21H19NO4S2. The smallest absolute Gasteiger partial charge is 0.344 e. The number of hydrogen-bond donors (Lipinski definition) is 0. The minimum atomic E-state index is -0.435. The Bertz CT molecular complexity index is 910. The van der Waals surface area contributed by atoms with Gasteiger partial charge in [0, 0.05) is 11.3 Å². The number of rotatable bonds is 7. The first-order valence-electron chi connectivity index (χ1n) is 8.72. The Morgan fingerprint density at radius 1 is 1.14 bits per heavy atom. The van der Waals surface area contributed by atoms with Crippen molar-refractivity contribution in [2.75, 3.05) is 13.2 Å². The molecule has 0 saturated heterocycles. The van der Waals surface area contributed by atoms with E-state index in [2.05, 4.69) is 4.99 Å². The van der Waals surface area contributed by atoms with Gasteiger partial charge in [-0.15, -0.1) is 0 Å². The van der Waals surface area contributed by atoms with Gasteiger partial charge in [-0.25, -0.2) is 9.79 Å². The molecule has 2 aromatic rings. The normalized spacial score (nSPS) is 14.8. The number of carbonyl (C=O) groups is 2. The predicted octanol–water partition coefficient (Wildman–Crippen LogP) is 4.53. The molecule has 1 aliphatic rings. The summed E-state index contributed by atoms with van der Waals surface area (Å²) in [6.45, 7) is 1.86. The summed E-state index contributed by atoms with van der Waals surface area (Å²) < 4.78 is 11.1. The third-order valence-electron chi connectivity index (χ3n) is 3.67. The Balaban J connectivity index is 1.69. The molecule has 0 radical (unpaired) electrons.